The Morgan fingerprint density at radius 2 is 1.95 bits per heavy atom. The van der Waals surface area contributed by atoms with Gasteiger partial charge < -0.3 is 5.32 Å². The molecule has 0 amide bonds. The van der Waals surface area contributed by atoms with Gasteiger partial charge in [-0.1, -0.05) is 24.3 Å². The summed E-state index contributed by atoms with van der Waals surface area (Å²) in [5, 5.41) is 7.83. The Balaban J connectivity index is 1.52. The summed E-state index contributed by atoms with van der Waals surface area (Å²) in [6, 6.07) is 9.06. The zero-order valence-corrected chi connectivity index (χ0v) is 11.7. The molecule has 1 aliphatic carbocycles. The first-order valence-electron chi connectivity index (χ1n) is 7.01. The minimum atomic E-state index is 0.847. The average molecular weight is 255 g/mol. The van der Waals surface area contributed by atoms with E-state index in [9.17, 15) is 0 Å². The number of nitrogens with one attached hydrogen (secondary N) is 1. The van der Waals surface area contributed by atoms with Gasteiger partial charge in [-0.05, 0) is 36.8 Å². The van der Waals surface area contributed by atoms with E-state index in [0.717, 1.165) is 24.7 Å². The van der Waals surface area contributed by atoms with Crippen LogP contribution in [0.5, 0.6) is 0 Å². The van der Waals surface area contributed by atoms with Gasteiger partial charge in [0.05, 0.1) is 5.69 Å². The molecule has 0 radical (unpaired) electrons. The Bertz CT molecular complexity index is 550. The molecule has 0 unspecified atom stereocenters. The maximum Gasteiger partial charge on any atom is 0.0638 e. The van der Waals surface area contributed by atoms with Crippen molar-refractivity contribution < 1.29 is 0 Å². The van der Waals surface area contributed by atoms with Gasteiger partial charge in [0.15, 0.2) is 0 Å². The molecule has 100 valence electrons. The first-order valence-corrected chi connectivity index (χ1v) is 7.01. The highest BCUT2D eigenvalue weighted by Gasteiger charge is 2.22. The lowest BCUT2D eigenvalue weighted by atomic mass is 10.1. The largest absolute Gasteiger partial charge is 0.308 e. The molecule has 0 atom stereocenters. The van der Waals surface area contributed by atoms with Crippen molar-refractivity contribution in [2.24, 2.45) is 7.05 Å². The van der Waals surface area contributed by atoms with Crippen LogP contribution < -0.4 is 5.32 Å². The summed E-state index contributed by atoms with van der Waals surface area (Å²) in [5.41, 5.74) is 5.24. The van der Waals surface area contributed by atoms with Crippen molar-refractivity contribution in [1.29, 1.82) is 0 Å². The fourth-order valence-corrected chi connectivity index (χ4v) is 2.49. The van der Waals surface area contributed by atoms with E-state index < -0.39 is 0 Å². The first-order chi connectivity index (χ1) is 9.22. The molecule has 1 N–H and O–H groups in total. The van der Waals surface area contributed by atoms with Crippen LogP contribution >= 0.6 is 0 Å². The Morgan fingerprint density at radius 3 is 2.53 bits per heavy atom. The highest BCUT2D eigenvalue weighted by Crippen LogP contribution is 2.39. The monoisotopic (exact) mass is 255 g/mol. The maximum absolute atomic E-state index is 4.35. The van der Waals surface area contributed by atoms with Crippen LogP contribution in [0.4, 0.5) is 0 Å². The Kier molecular flexibility index (Phi) is 3.38. The number of aromatic nitrogens is 2. The summed E-state index contributed by atoms with van der Waals surface area (Å²) in [4.78, 5) is 0. The number of hydrogen-bond donors (Lipinski definition) is 1. The predicted octanol–water partition coefficient (Wildman–Crippen LogP) is 2.90. The number of nitrogens with zero attached hydrogens (tertiary/aromatic N) is 2. The third-order valence-corrected chi connectivity index (χ3v) is 3.79. The fraction of sp³-hybridized carbons (Fsp3) is 0.438. The molecule has 1 aromatic heterocycles. The van der Waals surface area contributed by atoms with Crippen molar-refractivity contribution in [3.63, 3.8) is 0 Å². The molecule has 3 heteroatoms. The highest BCUT2D eigenvalue weighted by atomic mass is 15.2. The molecule has 2 aromatic rings. The predicted molar refractivity (Wildman–Crippen MR) is 76.9 cm³/mol. The molecule has 0 bridgehead atoms. The van der Waals surface area contributed by atoms with Crippen LogP contribution in [-0.2, 0) is 20.1 Å². The number of hydrogen-bond acceptors (Lipinski definition) is 2. The molecule has 1 heterocycles. The molecule has 1 aromatic carbocycles. The zero-order chi connectivity index (χ0) is 13.2. The second-order valence-corrected chi connectivity index (χ2v) is 5.53. The quantitative estimate of drug-likeness (QED) is 0.890. The van der Waals surface area contributed by atoms with Crippen LogP contribution in [0.2, 0.25) is 0 Å². The van der Waals surface area contributed by atoms with E-state index in [2.05, 4.69) is 47.8 Å². The molecule has 1 aliphatic rings. The second-order valence-electron chi connectivity index (χ2n) is 5.53. The number of rotatable bonds is 5. The molecule has 0 aliphatic heterocycles. The third kappa shape index (κ3) is 3.04. The van der Waals surface area contributed by atoms with Crippen molar-refractivity contribution in [3.05, 3.63) is 52.8 Å². The van der Waals surface area contributed by atoms with Gasteiger partial charge in [0.1, 0.15) is 0 Å². The van der Waals surface area contributed by atoms with Gasteiger partial charge >= 0.3 is 0 Å². The first kappa shape index (κ1) is 12.4. The lowest BCUT2D eigenvalue weighted by Gasteiger charge is -2.05. The van der Waals surface area contributed by atoms with Gasteiger partial charge in [-0.25, -0.2) is 0 Å². The Hall–Kier alpha value is -1.61. The summed E-state index contributed by atoms with van der Waals surface area (Å²) in [6.07, 6.45) is 4.83. The summed E-state index contributed by atoms with van der Waals surface area (Å²) in [7, 11) is 1.97. The summed E-state index contributed by atoms with van der Waals surface area (Å²) in [6.45, 7) is 3.85. The molecule has 3 rings (SSSR count). The Labute approximate surface area is 114 Å². The lowest BCUT2D eigenvalue weighted by Crippen LogP contribution is -2.12. The van der Waals surface area contributed by atoms with Crippen molar-refractivity contribution in [3.8, 4) is 0 Å². The molecular formula is C16H21N3. The summed E-state index contributed by atoms with van der Waals surface area (Å²) in [5.74, 6) is 0.847. The van der Waals surface area contributed by atoms with E-state index in [-0.39, 0.29) is 0 Å². The highest BCUT2D eigenvalue weighted by molar-refractivity contribution is 5.28. The van der Waals surface area contributed by atoms with E-state index in [0.29, 0.717) is 0 Å². The van der Waals surface area contributed by atoms with E-state index in [4.69, 9.17) is 0 Å². The van der Waals surface area contributed by atoms with E-state index in [1.54, 1.807) is 0 Å². The van der Waals surface area contributed by atoms with E-state index >= 15 is 0 Å². The van der Waals surface area contributed by atoms with E-state index in [1.165, 1.54) is 29.5 Å². The van der Waals surface area contributed by atoms with E-state index in [1.807, 2.05) is 11.7 Å². The molecule has 1 fully saturated rings. The molecule has 0 spiro atoms. The van der Waals surface area contributed by atoms with Crippen molar-refractivity contribution in [1.82, 2.24) is 15.1 Å². The van der Waals surface area contributed by atoms with Gasteiger partial charge in [0.25, 0.3) is 0 Å². The maximum atomic E-state index is 4.35. The van der Waals surface area contributed by atoms with Crippen molar-refractivity contribution in [2.45, 2.75) is 38.8 Å². The normalized spacial score (nSPS) is 14.8. The van der Waals surface area contributed by atoms with Crippen LogP contribution in [0.3, 0.4) is 0 Å². The number of aryl methyl sites for hydroxylation is 2. The minimum absolute atomic E-state index is 0.847. The molecule has 1 saturated carbocycles. The smallest absolute Gasteiger partial charge is 0.0638 e. The zero-order valence-electron chi connectivity index (χ0n) is 11.7. The van der Waals surface area contributed by atoms with Crippen LogP contribution in [0, 0.1) is 6.92 Å². The van der Waals surface area contributed by atoms with Crippen molar-refractivity contribution >= 4 is 0 Å². The van der Waals surface area contributed by atoms with Gasteiger partial charge in [-0.2, -0.15) is 5.10 Å². The van der Waals surface area contributed by atoms with Crippen LogP contribution in [0.25, 0.3) is 0 Å². The Morgan fingerprint density at radius 1 is 1.21 bits per heavy atom. The third-order valence-electron chi connectivity index (χ3n) is 3.79. The molecule has 19 heavy (non-hydrogen) atoms. The minimum Gasteiger partial charge on any atom is -0.308 e. The lowest BCUT2D eigenvalue weighted by molar-refractivity contribution is 0.690. The van der Waals surface area contributed by atoms with Gasteiger partial charge in [-0.15, -0.1) is 0 Å². The molecule has 0 saturated heterocycles. The summed E-state index contributed by atoms with van der Waals surface area (Å²) >= 11 is 0. The van der Waals surface area contributed by atoms with Crippen LogP contribution in [0.1, 0.15) is 41.1 Å². The van der Waals surface area contributed by atoms with Gasteiger partial charge in [0, 0.05) is 31.9 Å². The van der Waals surface area contributed by atoms with Crippen LogP contribution in [-0.4, -0.2) is 9.78 Å². The standard InChI is InChI=1S/C16H21N3/c1-12-16(11-19(2)18-12)10-17-9-13-3-5-14(6-4-13)15-7-8-15/h3-6,11,15,17H,7-10H2,1-2H3. The van der Waals surface area contributed by atoms with Crippen molar-refractivity contribution in [2.75, 3.05) is 0 Å². The van der Waals surface area contributed by atoms with Gasteiger partial charge in [0.2, 0.25) is 0 Å². The van der Waals surface area contributed by atoms with Gasteiger partial charge in [-0.3, -0.25) is 4.68 Å². The average Bonchev–Trinajstić information content (AvgIpc) is 3.18. The molecular weight excluding hydrogens is 234 g/mol. The number of benzene rings is 1. The molecule has 3 nitrogen and oxygen atoms in total. The SMILES string of the molecule is Cc1nn(C)cc1CNCc1ccc(C2CC2)cc1. The van der Waals surface area contributed by atoms with Crippen LogP contribution in [0.15, 0.2) is 30.5 Å². The summed E-state index contributed by atoms with van der Waals surface area (Å²) < 4.78 is 1.87. The topological polar surface area (TPSA) is 29.9 Å². The fourth-order valence-electron chi connectivity index (χ4n) is 2.49. The second kappa shape index (κ2) is 5.17.